The number of carbonyl (C=O) groups excluding carboxylic acids is 3. The lowest BCUT2D eigenvalue weighted by Crippen LogP contribution is -2.54. The SMILES string of the molecule is O=C(NC(=O)C1CCNCC1)C(=O)N1CCN(c2ncccn2)CC1. The Labute approximate surface area is 145 Å². The van der Waals surface area contributed by atoms with Crippen molar-refractivity contribution >= 4 is 23.7 Å². The fraction of sp³-hybridized carbons (Fsp3) is 0.562. The zero-order chi connectivity index (χ0) is 17.6. The van der Waals surface area contributed by atoms with Crippen LogP contribution in [0.3, 0.4) is 0 Å². The van der Waals surface area contributed by atoms with Gasteiger partial charge in [-0.15, -0.1) is 0 Å². The minimum atomic E-state index is -0.840. The van der Waals surface area contributed by atoms with Crippen LogP contribution in [0.5, 0.6) is 0 Å². The van der Waals surface area contributed by atoms with Gasteiger partial charge in [-0.3, -0.25) is 19.7 Å². The maximum absolute atomic E-state index is 12.3. The highest BCUT2D eigenvalue weighted by Crippen LogP contribution is 2.12. The molecule has 2 N–H and O–H groups in total. The first kappa shape index (κ1) is 17.3. The Morgan fingerprint density at radius 3 is 2.32 bits per heavy atom. The number of aromatic nitrogens is 2. The largest absolute Gasteiger partial charge is 0.337 e. The molecule has 0 saturated carbocycles. The Bertz CT molecular complexity index is 624. The summed E-state index contributed by atoms with van der Waals surface area (Å²) in [6.07, 6.45) is 4.70. The molecule has 1 aromatic rings. The molecule has 0 unspecified atom stereocenters. The van der Waals surface area contributed by atoms with Crippen molar-refractivity contribution in [3.8, 4) is 0 Å². The number of piperazine rings is 1. The van der Waals surface area contributed by atoms with E-state index in [9.17, 15) is 14.4 Å². The molecule has 2 aliphatic heterocycles. The van der Waals surface area contributed by atoms with Crippen LogP contribution < -0.4 is 15.5 Å². The molecule has 0 spiro atoms. The third-order valence-electron chi connectivity index (χ3n) is 4.54. The molecular formula is C16H22N6O3. The minimum absolute atomic E-state index is 0.204. The van der Waals surface area contributed by atoms with Crippen LogP contribution in [0, 0.1) is 5.92 Å². The standard InChI is InChI=1S/C16H22N6O3/c23-13(12-2-6-17-7-3-12)20-14(24)15(25)21-8-10-22(11-9-21)16-18-4-1-5-19-16/h1,4-5,12,17H,2-3,6-11H2,(H,20,23,24). The Balaban J connectivity index is 1.48. The van der Waals surface area contributed by atoms with E-state index in [0.29, 0.717) is 45.0 Å². The van der Waals surface area contributed by atoms with Crippen LogP contribution >= 0.6 is 0 Å². The molecule has 25 heavy (non-hydrogen) atoms. The normalized spacial score (nSPS) is 18.7. The van der Waals surface area contributed by atoms with Gasteiger partial charge in [-0.1, -0.05) is 0 Å². The number of nitrogens with one attached hydrogen (secondary N) is 2. The Morgan fingerprint density at radius 2 is 1.68 bits per heavy atom. The third-order valence-corrected chi connectivity index (χ3v) is 4.54. The van der Waals surface area contributed by atoms with E-state index >= 15 is 0 Å². The van der Waals surface area contributed by atoms with Gasteiger partial charge in [-0.25, -0.2) is 9.97 Å². The minimum Gasteiger partial charge on any atom is -0.337 e. The molecule has 1 aromatic heterocycles. The van der Waals surface area contributed by atoms with Crippen LogP contribution in [0.1, 0.15) is 12.8 Å². The van der Waals surface area contributed by atoms with Crippen molar-refractivity contribution in [1.82, 2.24) is 25.5 Å². The van der Waals surface area contributed by atoms with Gasteiger partial charge < -0.3 is 15.1 Å². The number of hydrogen-bond acceptors (Lipinski definition) is 7. The van der Waals surface area contributed by atoms with Gasteiger partial charge in [0.05, 0.1) is 0 Å². The number of piperidine rings is 1. The average molecular weight is 346 g/mol. The number of imide groups is 1. The molecule has 0 bridgehead atoms. The molecular weight excluding hydrogens is 324 g/mol. The molecule has 0 radical (unpaired) electrons. The molecule has 3 rings (SSSR count). The quantitative estimate of drug-likeness (QED) is 0.646. The van der Waals surface area contributed by atoms with Gasteiger partial charge in [-0.05, 0) is 32.0 Å². The van der Waals surface area contributed by atoms with E-state index in [-0.39, 0.29) is 11.8 Å². The molecule has 3 heterocycles. The van der Waals surface area contributed by atoms with E-state index in [2.05, 4.69) is 20.6 Å². The predicted molar refractivity (Wildman–Crippen MR) is 89.6 cm³/mol. The van der Waals surface area contributed by atoms with Crippen LogP contribution in [0.2, 0.25) is 0 Å². The first-order valence-corrected chi connectivity index (χ1v) is 8.52. The molecule has 9 nitrogen and oxygen atoms in total. The maximum atomic E-state index is 12.3. The lowest BCUT2D eigenvalue weighted by molar-refractivity contribution is -0.148. The van der Waals surface area contributed by atoms with Crippen LogP contribution in [0.25, 0.3) is 0 Å². The summed E-state index contributed by atoms with van der Waals surface area (Å²) < 4.78 is 0. The molecule has 0 aromatic carbocycles. The molecule has 2 aliphatic rings. The lowest BCUT2D eigenvalue weighted by atomic mass is 9.97. The Kier molecular flexibility index (Phi) is 5.54. The number of hydrogen-bond donors (Lipinski definition) is 2. The number of nitrogens with zero attached hydrogens (tertiary/aromatic N) is 4. The second-order valence-electron chi connectivity index (χ2n) is 6.17. The molecule has 0 atom stereocenters. The van der Waals surface area contributed by atoms with Crippen molar-refractivity contribution in [1.29, 1.82) is 0 Å². The van der Waals surface area contributed by atoms with Crippen molar-refractivity contribution in [2.45, 2.75) is 12.8 Å². The van der Waals surface area contributed by atoms with Gasteiger partial charge in [0.1, 0.15) is 0 Å². The van der Waals surface area contributed by atoms with E-state index in [1.807, 2.05) is 4.90 Å². The van der Waals surface area contributed by atoms with Crippen LogP contribution in [0.4, 0.5) is 5.95 Å². The zero-order valence-electron chi connectivity index (χ0n) is 14.0. The average Bonchev–Trinajstić information content (AvgIpc) is 2.69. The van der Waals surface area contributed by atoms with Crippen LogP contribution in [0.15, 0.2) is 18.5 Å². The maximum Gasteiger partial charge on any atom is 0.316 e. The molecule has 2 saturated heterocycles. The van der Waals surface area contributed by atoms with E-state index in [1.54, 1.807) is 18.5 Å². The van der Waals surface area contributed by atoms with Crippen molar-refractivity contribution < 1.29 is 14.4 Å². The fourth-order valence-electron chi connectivity index (χ4n) is 3.06. The number of anilines is 1. The fourth-order valence-corrected chi connectivity index (χ4v) is 3.06. The molecule has 9 heteroatoms. The topological polar surface area (TPSA) is 108 Å². The first-order valence-electron chi connectivity index (χ1n) is 8.52. The molecule has 134 valence electrons. The summed E-state index contributed by atoms with van der Waals surface area (Å²) in [5.41, 5.74) is 0. The summed E-state index contributed by atoms with van der Waals surface area (Å²) in [5.74, 6) is -1.44. The predicted octanol–water partition coefficient (Wildman–Crippen LogP) is -1.23. The van der Waals surface area contributed by atoms with Crippen molar-refractivity contribution in [3.05, 3.63) is 18.5 Å². The second-order valence-corrected chi connectivity index (χ2v) is 6.17. The third kappa shape index (κ3) is 4.30. The highest BCUT2D eigenvalue weighted by atomic mass is 16.2. The molecule has 2 fully saturated rings. The van der Waals surface area contributed by atoms with Gasteiger partial charge in [0.25, 0.3) is 0 Å². The van der Waals surface area contributed by atoms with Crippen molar-refractivity contribution in [3.63, 3.8) is 0 Å². The molecule has 0 aliphatic carbocycles. The Morgan fingerprint density at radius 1 is 1.04 bits per heavy atom. The summed E-state index contributed by atoms with van der Waals surface area (Å²) in [6, 6.07) is 1.74. The van der Waals surface area contributed by atoms with Crippen molar-refractivity contribution in [2.75, 3.05) is 44.2 Å². The first-order chi connectivity index (χ1) is 12.1. The van der Waals surface area contributed by atoms with E-state index in [0.717, 1.165) is 13.1 Å². The second kappa shape index (κ2) is 8.02. The van der Waals surface area contributed by atoms with E-state index < -0.39 is 11.8 Å². The van der Waals surface area contributed by atoms with Gasteiger partial charge in [0.15, 0.2) is 0 Å². The Hall–Kier alpha value is -2.55. The summed E-state index contributed by atoms with van der Waals surface area (Å²) >= 11 is 0. The van der Waals surface area contributed by atoms with Gasteiger partial charge in [-0.2, -0.15) is 0 Å². The summed E-state index contributed by atoms with van der Waals surface area (Å²) in [5, 5.41) is 5.41. The van der Waals surface area contributed by atoms with Gasteiger partial charge >= 0.3 is 11.8 Å². The number of carbonyl (C=O) groups is 3. The number of rotatable bonds is 2. The highest BCUT2D eigenvalue weighted by Gasteiger charge is 2.30. The number of amides is 3. The van der Waals surface area contributed by atoms with Gasteiger partial charge in [0, 0.05) is 44.5 Å². The monoisotopic (exact) mass is 346 g/mol. The lowest BCUT2D eigenvalue weighted by Gasteiger charge is -2.34. The van der Waals surface area contributed by atoms with Gasteiger partial charge in [0.2, 0.25) is 11.9 Å². The van der Waals surface area contributed by atoms with Crippen LogP contribution in [-0.4, -0.2) is 71.9 Å². The smallest absolute Gasteiger partial charge is 0.316 e. The molecule has 3 amide bonds. The highest BCUT2D eigenvalue weighted by molar-refractivity contribution is 6.37. The zero-order valence-corrected chi connectivity index (χ0v) is 14.0. The van der Waals surface area contributed by atoms with Crippen LogP contribution in [-0.2, 0) is 14.4 Å². The summed E-state index contributed by atoms with van der Waals surface area (Å²) in [7, 11) is 0. The summed E-state index contributed by atoms with van der Waals surface area (Å²) in [4.78, 5) is 48.2. The van der Waals surface area contributed by atoms with Crippen molar-refractivity contribution in [2.24, 2.45) is 5.92 Å². The van der Waals surface area contributed by atoms with E-state index in [1.165, 1.54) is 4.90 Å². The van der Waals surface area contributed by atoms with E-state index in [4.69, 9.17) is 0 Å². The summed E-state index contributed by atoms with van der Waals surface area (Å²) in [6.45, 7) is 3.39.